The maximum atomic E-state index is 12.1. The molecule has 0 aliphatic heterocycles. The zero-order valence-electron chi connectivity index (χ0n) is 12.6. The van der Waals surface area contributed by atoms with Gasteiger partial charge >= 0.3 is 0 Å². The van der Waals surface area contributed by atoms with Crippen LogP contribution in [0.25, 0.3) is 0 Å². The molecule has 0 fully saturated rings. The van der Waals surface area contributed by atoms with Crippen LogP contribution in [0.5, 0.6) is 11.5 Å². The SMILES string of the molecule is CCOc1cc(CNC(=O)c2ccc(Br)cc2)ccc1OC. The predicted octanol–water partition coefficient (Wildman–Crippen LogP) is 3.79. The molecule has 2 aromatic rings. The van der Waals surface area contributed by atoms with E-state index in [-0.39, 0.29) is 5.91 Å². The molecule has 2 rings (SSSR count). The number of nitrogens with one attached hydrogen (secondary N) is 1. The van der Waals surface area contributed by atoms with E-state index >= 15 is 0 Å². The molecular weight excluding hydrogens is 346 g/mol. The Morgan fingerprint density at radius 1 is 1.14 bits per heavy atom. The predicted molar refractivity (Wildman–Crippen MR) is 89.5 cm³/mol. The molecule has 0 spiro atoms. The molecule has 2 aromatic carbocycles. The minimum Gasteiger partial charge on any atom is -0.493 e. The first-order valence-electron chi connectivity index (χ1n) is 6.97. The van der Waals surface area contributed by atoms with Gasteiger partial charge in [0.2, 0.25) is 0 Å². The Hall–Kier alpha value is -2.01. The Morgan fingerprint density at radius 3 is 2.50 bits per heavy atom. The molecule has 5 heteroatoms. The monoisotopic (exact) mass is 363 g/mol. The first-order chi connectivity index (χ1) is 10.6. The van der Waals surface area contributed by atoms with Gasteiger partial charge in [-0.05, 0) is 48.9 Å². The van der Waals surface area contributed by atoms with E-state index in [9.17, 15) is 4.79 Å². The fourth-order valence-corrected chi connectivity index (χ4v) is 2.25. The van der Waals surface area contributed by atoms with Gasteiger partial charge in [0.15, 0.2) is 11.5 Å². The van der Waals surface area contributed by atoms with Gasteiger partial charge in [-0.2, -0.15) is 0 Å². The molecule has 0 saturated heterocycles. The van der Waals surface area contributed by atoms with Crippen molar-refractivity contribution in [3.05, 3.63) is 58.1 Å². The van der Waals surface area contributed by atoms with Crippen molar-refractivity contribution >= 4 is 21.8 Å². The smallest absolute Gasteiger partial charge is 0.251 e. The lowest BCUT2D eigenvalue weighted by molar-refractivity contribution is 0.0951. The van der Waals surface area contributed by atoms with Gasteiger partial charge in [-0.15, -0.1) is 0 Å². The second kappa shape index (κ2) is 7.84. The number of carbonyl (C=O) groups is 1. The lowest BCUT2D eigenvalue weighted by Gasteiger charge is -2.11. The van der Waals surface area contributed by atoms with E-state index in [2.05, 4.69) is 21.2 Å². The molecule has 0 unspecified atom stereocenters. The summed E-state index contributed by atoms with van der Waals surface area (Å²) in [6.45, 7) is 2.91. The van der Waals surface area contributed by atoms with Gasteiger partial charge < -0.3 is 14.8 Å². The summed E-state index contributed by atoms with van der Waals surface area (Å²) >= 11 is 3.35. The summed E-state index contributed by atoms with van der Waals surface area (Å²) in [6, 6.07) is 12.9. The third-order valence-corrected chi connectivity index (χ3v) is 3.62. The number of ether oxygens (including phenoxy) is 2. The van der Waals surface area contributed by atoms with E-state index in [1.165, 1.54) is 0 Å². The summed E-state index contributed by atoms with van der Waals surface area (Å²) in [6.07, 6.45) is 0. The molecule has 0 aliphatic rings. The fourth-order valence-electron chi connectivity index (χ4n) is 1.99. The van der Waals surface area contributed by atoms with Crippen molar-refractivity contribution in [1.29, 1.82) is 0 Å². The first-order valence-corrected chi connectivity index (χ1v) is 7.76. The minimum absolute atomic E-state index is 0.110. The van der Waals surface area contributed by atoms with Crippen LogP contribution in [0.4, 0.5) is 0 Å². The van der Waals surface area contributed by atoms with Gasteiger partial charge in [0.05, 0.1) is 13.7 Å². The Balaban J connectivity index is 2.03. The second-order valence-corrected chi connectivity index (χ2v) is 5.52. The minimum atomic E-state index is -0.110. The fraction of sp³-hybridized carbons (Fsp3) is 0.235. The molecule has 0 aliphatic carbocycles. The van der Waals surface area contributed by atoms with Gasteiger partial charge in [-0.25, -0.2) is 0 Å². The Kier molecular flexibility index (Phi) is 5.83. The highest BCUT2D eigenvalue weighted by atomic mass is 79.9. The number of hydrogen-bond acceptors (Lipinski definition) is 3. The summed E-state index contributed by atoms with van der Waals surface area (Å²) < 4.78 is 11.7. The van der Waals surface area contributed by atoms with E-state index in [0.29, 0.717) is 30.2 Å². The highest BCUT2D eigenvalue weighted by molar-refractivity contribution is 9.10. The number of carbonyl (C=O) groups excluding carboxylic acids is 1. The number of methoxy groups -OCH3 is 1. The van der Waals surface area contributed by atoms with E-state index in [1.54, 1.807) is 19.2 Å². The van der Waals surface area contributed by atoms with Gasteiger partial charge in [0, 0.05) is 16.6 Å². The summed E-state index contributed by atoms with van der Waals surface area (Å²) in [5.41, 5.74) is 1.58. The summed E-state index contributed by atoms with van der Waals surface area (Å²) in [5.74, 6) is 1.26. The van der Waals surface area contributed by atoms with Crippen molar-refractivity contribution in [3.63, 3.8) is 0 Å². The molecule has 0 bridgehead atoms. The van der Waals surface area contributed by atoms with Crippen molar-refractivity contribution in [1.82, 2.24) is 5.32 Å². The van der Waals surface area contributed by atoms with Gasteiger partial charge in [0.25, 0.3) is 5.91 Å². The molecule has 1 amide bonds. The highest BCUT2D eigenvalue weighted by Gasteiger charge is 2.08. The number of amides is 1. The van der Waals surface area contributed by atoms with Crippen LogP contribution < -0.4 is 14.8 Å². The number of hydrogen-bond donors (Lipinski definition) is 1. The van der Waals surface area contributed by atoms with Crippen LogP contribution in [0.3, 0.4) is 0 Å². The topological polar surface area (TPSA) is 47.6 Å². The van der Waals surface area contributed by atoms with Crippen molar-refractivity contribution in [2.45, 2.75) is 13.5 Å². The number of halogens is 1. The zero-order valence-corrected chi connectivity index (χ0v) is 14.1. The Labute approximate surface area is 138 Å². The molecule has 22 heavy (non-hydrogen) atoms. The van der Waals surface area contributed by atoms with Crippen molar-refractivity contribution in [2.24, 2.45) is 0 Å². The van der Waals surface area contributed by atoms with Gasteiger partial charge in [-0.3, -0.25) is 4.79 Å². The quantitative estimate of drug-likeness (QED) is 0.849. The zero-order chi connectivity index (χ0) is 15.9. The van der Waals surface area contributed by atoms with Crippen LogP contribution in [0.2, 0.25) is 0 Å². The molecule has 0 atom stereocenters. The summed E-state index contributed by atoms with van der Waals surface area (Å²) in [7, 11) is 1.60. The van der Waals surface area contributed by atoms with Gasteiger partial charge in [-0.1, -0.05) is 22.0 Å². The lowest BCUT2D eigenvalue weighted by atomic mass is 10.1. The van der Waals surface area contributed by atoms with Crippen molar-refractivity contribution in [3.8, 4) is 11.5 Å². The third-order valence-electron chi connectivity index (χ3n) is 3.09. The van der Waals surface area contributed by atoms with Crippen LogP contribution in [0.15, 0.2) is 46.9 Å². The average molecular weight is 364 g/mol. The van der Waals surface area contributed by atoms with E-state index in [1.807, 2.05) is 37.3 Å². The standard InChI is InChI=1S/C17H18BrNO3/c1-3-22-16-10-12(4-9-15(16)21-2)11-19-17(20)13-5-7-14(18)8-6-13/h4-10H,3,11H2,1-2H3,(H,19,20). The highest BCUT2D eigenvalue weighted by Crippen LogP contribution is 2.28. The van der Waals surface area contributed by atoms with Crippen molar-refractivity contribution < 1.29 is 14.3 Å². The molecule has 0 heterocycles. The van der Waals surface area contributed by atoms with E-state index < -0.39 is 0 Å². The molecule has 0 aromatic heterocycles. The average Bonchev–Trinajstić information content (AvgIpc) is 2.54. The lowest BCUT2D eigenvalue weighted by Crippen LogP contribution is -2.22. The molecule has 116 valence electrons. The summed E-state index contributed by atoms with van der Waals surface area (Å²) in [5, 5.41) is 2.89. The maximum Gasteiger partial charge on any atom is 0.251 e. The first kappa shape index (κ1) is 16.4. The molecule has 4 nitrogen and oxygen atoms in total. The largest absolute Gasteiger partial charge is 0.493 e. The molecular formula is C17H18BrNO3. The summed E-state index contributed by atoms with van der Waals surface area (Å²) in [4.78, 5) is 12.1. The Bertz CT molecular complexity index is 641. The van der Waals surface area contributed by atoms with Crippen LogP contribution in [0.1, 0.15) is 22.8 Å². The number of benzene rings is 2. The Morgan fingerprint density at radius 2 is 1.86 bits per heavy atom. The van der Waals surface area contributed by atoms with E-state index in [0.717, 1.165) is 10.0 Å². The molecule has 0 radical (unpaired) electrons. The maximum absolute atomic E-state index is 12.1. The third kappa shape index (κ3) is 4.24. The van der Waals surface area contributed by atoms with E-state index in [4.69, 9.17) is 9.47 Å². The second-order valence-electron chi connectivity index (χ2n) is 4.61. The normalized spacial score (nSPS) is 10.1. The van der Waals surface area contributed by atoms with Gasteiger partial charge in [0.1, 0.15) is 0 Å². The molecule has 0 saturated carbocycles. The van der Waals surface area contributed by atoms with Crippen LogP contribution in [-0.2, 0) is 6.54 Å². The molecule has 1 N–H and O–H groups in total. The number of rotatable bonds is 6. The van der Waals surface area contributed by atoms with Crippen LogP contribution >= 0.6 is 15.9 Å². The van der Waals surface area contributed by atoms with Crippen LogP contribution in [-0.4, -0.2) is 19.6 Å². The van der Waals surface area contributed by atoms with Crippen LogP contribution in [0, 0.1) is 0 Å². The van der Waals surface area contributed by atoms with Crippen molar-refractivity contribution in [2.75, 3.05) is 13.7 Å².